The van der Waals surface area contributed by atoms with Gasteiger partial charge in [-0.2, -0.15) is 9.71 Å². The van der Waals surface area contributed by atoms with E-state index in [-0.39, 0.29) is 10.8 Å². The van der Waals surface area contributed by atoms with Crippen LogP contribution in [0.15, 0.2) is 57.9 Å². The van der Waals surface area contributed by atoms with Gasteiger partial charge in [0.2, 0.25) is 27.6 Å². The van der Waals surface area contributed by atoms with Gasteiger partial charge in [-0.15, -0.1) is 0 Å². The van der Waals surface area contributed by atoms with Gasteiger partial charge in [0.05, 0.1) is 10.9 Å². The highest BCUT2D eigenvalue weighted by Crippen LogP contribution is 2.22. The Morgan fingerprint density at radius 1 is 1.06 bits per heavy atom. The molecular formula is C24H29N5O4S. The van der Waals surface area contributed by atoms with Crippen molar-refractivity contribution in [2.45, 2.75) is 38.1 Å². The Kier molecular flexibility index (Phi) is 6.99. The van der Waals surface area contributed by atoms with Crippen LogP contribution in [0.4, 0.5) is 5.69 Å². The minimum Gasteiger partial charge on any atom is -0.368 e. The molecule has 1 atom stereocenters. The third-order valence-corrected chi connectivity index (χ3v) is 7.44. The molecule has 3 aromatic rings. The minimum atomic E-state index is -3.77. The number of hydrogen-bond donors (Lipinski definition) is 1. The van der Waals surface area contributed by atoms with Crippen molar-refractivity contribution in [1.82, 2.24) is 19.8 Å². The molecule has 34 heavy (non-hydrogen) atoms. The molecule has 1 aliphatic heterocycles. The number of amides is 1. The smallest absolute Gasteiger partial charge is 0.241 e. The first-order valence-electron chi connectivity index (χ1n) is 11.3. The highest BCUT2D eigenvalue weighted by Gasteiger charge is 2.28. The molecule has 180 valence electrons. The normalized spacial score (nSPS) is 15.4. The first kappa shape index (κ1) is 23.9. The Morgan fingerprint density at radius 2 is 1.71 bits per heavy atom. The molecule has 9 nitrogen and oxygen atoms in total. The standard InChI is InChI=1S/C24H29N5O4S/c1-4-22-25-23(26-33-22)19-7-9-20(10-8-19)28-13-15-29(16-14-28)24(30)18(3)27-34(31,32)21-11-5-17(2)6-12-21/h5-12,18,27H,4,13-16H2,1-3H3/t18-/m0/s1. The average Bonchev–Trinajstić information content (AvgIpc) is 3.33. The Hall–Kier alpha value is -3.24. The number of hydrogen-bond acceptors (Lipinski definition) is 7. The monoisotopic (exact) mass is 483 g/mol. The molecule has 1 aromatic heterocycles. The lowest BCUT2D eigenvalue weighted by molar-refractivity contribution is -0.132. The number of nitrogens with one attached hydrogen (secondary N) is 1. The SMILES string of the molecule is CCc1nc(-c2ccc(N3CCN(C(=O)[C@H](C)NS(=O)(=O)c4ccc(C)cc4)CC3)cc2)no1. The number of anilines is 1. The number of carbonyl (C=O) groups is 1. The fourth-order valence-electron chi connectivity index (χ4n) is 3.86. The molecule has 10 heteroatoms. The van der Waals surface area contributed by atoms with Crippen molar-refractivity contribution < 1.29 is 17.7 Å². The van der Waals surface area contributed by atoms with Crippen LogP contribution in [0, 0.1) is 6.92 Å². The maximum atomic E-state index is 12.9. The molecule has 0 unspecified atom stereocenters. The van der Waals surface area contributed by atoms with Crippen molar-refractivity contribution in [2.24, 2.45) is 0 Å². The third kappa shape index (κ3) is 5.28. The summed E-state index contributed by atoms with van der Waals surface area (Å²) in [6.45, 7) is 7.78. The largest absolute Gasteiger partial charge is 0.368 e. The van der Waals surface area contributed by atoms with Crippen LogP contribution in [0.5, 0.6) is 0 Å². The quantitative estimate of drug-likeness (QED) is 0.550. The molecule has 4 rings (SSSR count). The van der Waals surface area contributed by atoms with Gasteiger partial charge in [0.1, 0.15) is 0 Å². The average molecular weight is 484 g/mol. The van der Waals surface area contributed by atoms with Gasteiger partial charge < -0.3 is 14.3 Å². The van der Waals surface area contributed by atoms with Crippen molar-refractivity contribution in [3.63, 3.8) is 0 Å². The van der Waals surface area contributed by atoms with E-state index in [1.165, 1.54) is 0 Å². The van der Waals surface area contributed by atoms with Gasteiger partial charge in [-0.1, -0.05) is 29.8 Å². The van der Waals surface area contributed by atoms with E-state index in [4.69, 9.17) is 4.52 Å². The number of benzene rings is 2. The predicted molar refractivity (Wildman–Crippen MR) is 129 cm³/mol. The molecule has 0 saturated carbocycles. The van der Waals surface area contributed by atoms with Crippen molar-refractivity contribution in [1.29, 1.82) is 0 Å². The summed E-state index contributed by atoms with van der Waals surface area (Å²) < 4.78 is 32.9. The van der Waals surface area contributed by atoms with Gasteiger partial charge in [0.15, 0.2) is 0 Å². The number of carbonyl (C=O) groups excluding carboxylic acids is 1. The van der Waals surface area contributed by atoms with Crippen molar-refractivity contribution in [2.75, 3.05) is 31.1 Å². The van der Waals surface area contributed by atoms with Crippen LogP contribution >= 0.6 is 0 Å². The van der Waals surface area contributed by atoms with Crippen LogP contribution < -0.4 is 9.62 Å². The molecule has 0 bridgehead atoms. The molecule has 0 spiro atoms. The zero-order valence-electron chi connectivity index (χ0n) is 19.6. The van der Waals surface area contributed by atoms with Crippen LogP contribution in [0.25, 0.3) is 11.4 Å². The molecule has 2 heterocycles. The molecule has 1 fully saturated rings. The first-order valence-corrected chi connectivity index (χ1v) is 12.8. The van der Waals surface area contributed by atoms with E-state index in [1.54, 1.807) is 36.1 Å². The summed E-state index contributed by atoms with van der Waals surface area (Å²) in [5, 5.41) is 4.00. The maximum Gasteiger partial charge on any atom is 0.241 e. The summed E-state index contributed by atoms with van der Waals surface area (Å²) in [5.41, 5.74) is 2.90. The van der Waals surface area contributed by atoms with Crippen molar-refractivity contribution in [3.05, 3.63) is 60.0 Å². The fraction of sp³-hybridized carbons (Fsp3) is 0.375. The minimum absolute atomic E-state index is 0.151. The number of aryl methyl sites for hydroxylation is 2. The molecule has 1 amide bonds. The Bertz CT molecular complexity index is 1230. The van der Waals surface area contributed by atoms with E-state index in [2.05, 4.69) is 19.8 Å². The highest BCUT2D eigenvalue weighted by molar-refractivity contribution is 7.89. The van der Waals surface area contributed by atoms with E-state index in [9.17, 15) is 13.2 Å². The molecule has 0 aliphatic carbocycles. The van der Waals surface area contributed by atoms with Crippen LogP contribution in [-0.2, 0) is 21.2 Å². The van der Waals surface area contributed by atoms with Crippen molar-refractivity contribution >= 4 is 21.6 Å². The molecular weight excluding hydrogens is 454 g/mol. The number of nitrogens with zero attached hydrogens (tertiary/aromatic N) is 4. The number of aromatic nitrogens is 2. The van der Waals surface area contributed by atoms with Crippen LogP contribution in [0.1, 0.15) is 25.3 Å². The summed E-state index contributed by atoms with van der Waals surface area (Å²) in [4.78, 5) is 21.3. The first-order chi connectivity index (χ1) is 16.3. The predicted octanol–water partition coefficient (Wildman–Crippen LogP) is 2.62. The lowest BCUT2D eigenvalue weighted by atomic mass is 10.1. The number of piperazine rings is 1. The Morgan fingerprint density at radius 3 is 2.29 bits per heavy atom. The number of sulfonamides is 1. The highest BCUT2D eigenvalue weighted by atomic mass is 32.2. The third-order valence-electron chi connectivity index (χ3n) is 5.89. The second-order valence-corrected chi connectivity index (χ2v) is 10.1. The fourth-order valence-corrected chi connectivity index (χ4v) is 5.06. The summed E-state index contributed by atoms with van der Waals surface area (Å²) >= 11 is 0. The molecule has 1 saturated heterocycles. The van der Waals surface area contributed by atoms with E-state index in [0.29, 0.717) is 44.3 Å². The van der Waals surface area contributed by atoms with Crippen molar-refractivity contribution in [3.8, 4) is 11.4 Å². The van der Waals surface area contributed by atoms with Crippen LogP contribution in [-0.4, -0.2) is 61.6 Å². The van der Waals surface area contributed by atoms with E-state index in [1.807, 2.05) is 38.1 Å². The second-order valence-electron chi connectivity index (χ2n) is 8.38. The van der Waals surface area contributed by atoms with Gasteiger partial charge in [0.25, 0.3) is 0 Å². The molecule has 2 aromatic carbocycles. The Labute approximate surface area is 199 Å². The van der Waals surface area contributed by atoms with Gasteiger partial charge in [-0.05, 0) is 50.2 Å². The van der Waals surface area contributed by atoms with E-state index < -0.39 is 16.1 Å². The summed E-state index contributed by atoms with van der Waals surface area (Å²) in [5.74, 6) is 0.950. The lowest BCUT2D eigenvalue weighted by Gasteiger charge is -2.37. The van der Waals surface area contributed by atoms with E-state index in [0.717, 1.165) is 16.8 Å². The van der Waals surface area contributed by atoms with Gasteiger partial charge >= 0.3 is 0 Å². The zero-order chi connectivity index (χ0) is 24.3. The van der Waals surface area contributed by atoms with E-state index >= 15 is 0 Å². The van der Waals surface area contributed by atoms with Gasteiger partial charge in [0, 0.05) is 43.9 Å². The summed E-state index contributed by atoms with van der Waals surface area (Å²) in [6.07, 6.45) is 0.695. The van der Waals surface area contributed by atoms with Gasteiger partial charge in [-0.3, -0.25) is 4.79 Å². The zero-order valence-corrected chi connectivity index (χ0v) is 20.4. The Balaban J connectivity index is 1.33. The maximum absolute atomic E-state index is 12.9. The molecule has 0 radical (unpaired) electrons. The lowest BCUT2D eigenvalue weighted by Crippen LogP contribution is -2.54. The van der Waals surface area contributed by atoms with Gasteiger partial charge in [-0.25, -0.2) is 8.42 Å². The van der Waals surface area contributed by atoms with Crippen LogP contribution in [0.2, 0.25) is 0 Å². The summed E-state index contributed by atoms with van der Waals surface area (Å²) in [6, 6.07) is 13.6. The topological polar surface area (TPSA) is 109 Å². The molecule has 1 aliphatic rings. The van der Waals surface area contributed by atoms with Crippen LogP contribution in [0.3, 0.4) is 0 Å². The summed E-state index contributed by atoms with van der Waals surface area (Å²) in [7, 11) is -3.77. The number of rotatable bonds is 7. The molecule has 1 N–H and O–H groups in total. The second kappa shape index (κ2) is 9.94.